The fourth-order valence-electron chi connectivity index (χ4n) is 0.999. The van der Waals surface area contributed by atoms with Crippen molar-refractivity contribution in [3.05, 3.63) is 24.6 Å². The molecule has 0 aromatic rings. The van der Waals surface area contributed by atoms with Gasteiger partial charge in [-0.2, -0.15) is 0 Å². The van der Waals surface area contributed by atoms with Gasteiger partial charge < -0.3 is 20.9 Å². The van der Waals surface area contributed by atoms with Crippen LogP contribution < -0.4 is 11.1 Å². The molecule has 78 valence electrons. The predicted octanol–water partition coefficient (Wildman–Crippen LogP) is -0.856. The van der Waals surface area contributed by atoms with Crippen molar-refractivity contribution in [3.63, 3.8) is 0 Å². The van der Waals surface area contributed by atoms with Crippen LogP contribution in [0, 0.1) is 0 Å². The smallest absolute Gasteiger partial charge is 0.242 e. The first-order chi connectivity index (χ1) is 6.52. The Bertz CT molecular complexity index is 280. The normalized spacial score (nSPS) is 31.9. The van der Waals surface area contributed by atoms with E-state index in [1.54, 1.807) is 0 Å². The molecule has 0 spiro atoms. The Labute approximate surface area is 80.0 Å². The average Bonchev–Trinajstić information content (AvgIpc) is 2.33. The third-order valence-electron chi connectivity index (χ3n) is 1.70. The highest BCUT2D eigenvalue weighted by atomic mass is 19.1. The number of primary amides is 1. The van der Waals surface area contributed by atoms with Crippen LogP contribution in [0.4, 0.5) is 4.39 Å². The minimum atomic E-state index is -1.62. The lowest BCUT2D eigenvalue weighted by atomic mass is 10.2. The van der Waals surface area contributed by atoms with E-state index in [0.717, 1.165) is 6.08 Å². The number of halogens is 1. The standard InChI is InChI=1S/C8H11FN2O3/c1-4-6(9)7(13)8(14-4)11-3-2-5(10)12/h2-3,6-8,11,13H,1H2,(H2,10,12)/b3-2-/t6-,7-,8-/m1/s1. The number of aliphatic hydroxyl groups excluding tert-OH is 1. The highest BCUT2D eigenvalue weighted by Crippen LogP contribution is 2.23. The summed E-state index contributed by atoms with van der Waals surface area (Å²) in [5.41, 5.74) is 4.81. The third kappa shape index (κ3) is 2.23. The van der Waals surface area contributed by atoms with E-state index in [4.69, 9.17) is 10.5 Å². The van der Waals surface area contributed by atoms with Gasteiger partial charge in [-0.1, -0.05) is 6.58 Å². The molecule has 1 amide bonds. The van der Waals surface area contributed by atoms with Crippen LogP contribution in [0.2, 0.25) is 0 Å². The zero-order chi connectivity index (χ0) is 10.7. The Morgan fingerprint density at radius 1 is 1.79 bits per heavy atom. The summed E-state index contributed by atoms with van der Waals surface area (Å²) in [6, 6.07) is 0. The van der Waals surface area contributed by atoms with Crippen molar-refractivity contribution in [2.45, 2.75) is 18.5 Å². The quantitative estimate of drug-likeness (QED) is 0.520. The lowest BCUT2D eigenvalue weighted by Crippen LogP contribution is -2.36. The van der Waals surface area contributed by atoms with Crippen LogP contribution in [0.3, 0.4) is 0 Å². The fraction of sp³-hybridized carbons (Fsp3) is 0.375. The molecule has 0 aromatic heterocycles. The summed E-state index contributed by atoms with van der Waals surface area (Å²) >= 11 is 0. The number of aliphatic hydroxyl groups is 1. The molecule has 0 aliphatic carbocycles. The monoisotopic (exact) mass is 202 g/mol. The SMILES string of the molecule is C=C1O[C@@H](N/C=C\C(N)=O)[C@H](O)[C@@H]1F. The maximum Gasteiger partial charge on any atom is 0.242 e. The minimum absolute atomic E-state index is 0.137. The van der Waals surface area contributed by atoms with Crippen molar-refractivity contribution in [1.29, 1.82) is 0 Å². The second-order valence-corrected chi connectivity index (χ2v) is 2.80. The molecule has 0 saturated carbocycles. The van der Waals surface area contributed by atoms with Gasteiger partial charge >= 0.3 is 0 Å². The van der Waals surface area contributed by atoms with Crippen molar-refractivity contribution >= 4 is 5.91 Å². The Kier molecular flexibility index (Phi) is 3.08. The van der Waals surface area contributed by atoms with Gasteiger partial charge in [0.15, 0.2) is 12.4 Å². The van der Waals surface area contributed by atoms with Gasteiger partial charge in [0.2, 0.25) is 5.91 Å². The first kappa shape index (κ1) is 10.5. The number of amides is 1. The van der Waals surface area contributed by atoms with Gasteiger partial charge in [-0.3, -0.25) is 4.79 Å². The summed E-state index contributed by atoms with van der Waals surface area (Å²) < 4.78 is 17.8. The van der Waals surface area contributed by atoms with Crippen LogP contribution in [0.5, 0.6) is 0 Å². The Morgan fingerprint density at radius 3 is 2.86 bits per heavy atom. The summed E-state index contributed by atoms with van der Waals surface area (Å²) in [6.45, 7) is 3.27. The number of nitrogens with one attached hydrogen (secondary N) is 1. The maximum atomic E-state index is 12.9. The molecule has 1 aliphatic heterocycles. The third-order valence-corrected chi connectivity index (χ3v) is 1.70. The van der Waals surface area contributed by atoms with E-state index < -0.39 is 24.4 Å². The van der Waals surface area contributed by atoms with E-state index in [2.05, 4.69) is 11.9 Å². The van der Waals surface area contributed by atoms with E-state index in [-0.39, 0.29) is 5.76 Å². The van der Waals surface area contributed by atoms with E-state index >= 15 is 0 Å². The Balaban J connectivity index is 2.47. The molecule has 1 rings (SSSR count). The van der Waals surface area contributed by atoms with Gasteiger partial charge in [0.25, 0.3) is 0 Å². The van der Waals surface area contributed by atoms with E-state index in [0.29, 0.717) is 0 Å². The molecular formula is C8H11FN2O3. The molecule has 1 saturated heterocycles. The van der Waals surface area contributed by atoms with Gasteiger partial charge in [-0.05, 0) is 0 Å². The number of hydrogen-bond donors (Lipinski definition) is 3. The lowest BCUT2D eigenvalue weighted by molar-refractivity contribution is -0.113. The number of rotatable bonds is 3. The first-order valence-electron chi connectivity index (χ1n) is 3.92. The molecule has 1 aliphatic rings. The summed E-state index contributed by atoms with van der Waals surface area (Å²) in [7, 11) is 0. The Morgan fingerprint density at radius 2 is 2.43 bits per heavy atom. The van der Waals surface area contributed by atoms with Crippen molar-refractivity contribution < 1.29 is 19.0 Å². The van der Waals surface area contributed by atoms with Gasteiger partial charge in [0.05, 0.1) is 0 Å². The molecule has 6 heteroatoms. The van der Waals surface area contributed by atoms with E-state index in [9.17, 15) is 14.3 Å². The van der Waals surface area contributed by atoms with Gasteiger partial charge in [0.1, 0.15) is 11.9 Å². The topological polar surface area (TPSA) is 84.6 Å². The van der Waals surface area contributed by atoms with Crippen molar-refractivity contribution in [1.82, 2.24) is 5.32 Å². The van der Waals surface area contributed by atoms with Gasteiger partial charge in [-0.25, -0.2) is 4.39 Å². The predicted molar refractivity (Wildman–Crippen MR) is 46.4 cm³/mol. The molecule has 14 heavy (non-hydrogen) atoms. The molecule has 5 nitrogen and oxygen atoms in total. The summed E-state index contributed by atoms with van der Waals surface area (Å²) in [5.74, 6) is -0.789. The molecule has 0 radical (unpaired) electrons. The summed E-state index contributed by atoms with van der Waals surface area (Å²) in [6.07, 6.45) is -1.67. The van der Waals surface area contributed by atoms with E-state index in [1.165, 1.54) is 6.20 Å². The molecule has 1 heterocycles. The molecule has 0 aromatic carbocycles. The fourth-order valence-corrected chi connectivity index (χ4v) is 0.999. The van der Waals surface area contributed by atoms with Crippen LogP contribution in [0.1, 0.15) is 0 Å². The molecule has 0 bridgehead atoms. The summed E-state index contributed by atoms with van der Waals surface area (Å²) in [5, 5.41) is 11.7. The number of carbonyl (C=O) groups is 1. The van der Waals surface area contributed by atoms with Crippen LogP contribution in [0.15, 0.2) is 24.6 Å². The second kappa shape index (κ2) is 4.10. The van der Waals surface area contributed by atoms with Crippen molar-refractivity contribution in [2.75, 3.05) is 0 Å². The van der Waals surface area contributed by atoms with Crippen LogP contribution >= 0.6 is 0 Å². The zero-order valence-electron chi connectivity index (χ0n) is 7.31. The molecular weight excluding hydrogens is 191 g/mol. The Hall–Kier alpha value is -1.56. The molecule has 0 unspecified atom stereocenters. The average molecular weight is 202 g/mol. The zero-order valence-corrected chi connectivity index (χ0v) is 7.31. The molecule has 4 N–H and O–H groups in total. The number of ether oxygens (including phenoxy) is 1. The highest BCUT2D eigenvalue weighted by molar-refractivity contribution is 5.85. The number of alkyl halides is 1. The minimum Gasteiger partial charge on any atom is -0.470 e. The number of nitrogens with two attached hydrogens (primary N) is 1. The second-order valence-electron chi connectivity index (χ2n) is 2.80. The van der Waals surface area contributed by atoms with Gasteiger partial charge in [-0.15, -0.1) is 0 Å². The van der Waals surface area contributed by atoms with Crippen molar-refractivity contribution in [3.8, 4) is 0 Å². The highest BCUT2D eigenvalue weighted by Gasteiger charge is 2.39. The van der Waals surface area contributed by atoms with Crippen molar-refractivity contribution in [2.24, 2.45) is 5.73 Å². The van der Waals surface area contributed by atoms with Crippen LogP contribution in [-0.2, 0) is 9.53 Å². The molecule has 1 fully saturated rings. The van der Waals surface area contributed by atoms with Crippen LogP contribution in [0.25, 0.3) is 0 Å². The largest absolute Gasteiger partial charge is 0.470 e. The lowest BCUT2D eigenvalue weighted by Gasteiger charge is -2.13. The molecule has 3 atom stereocenters. The summed E-state index contributed by atoms with van der Waals surface area (Å²) in [4.78, 5) is 10.3. The van der Waals surface area contributed by atoms with E-state index in [1.807, 2.05) is 0 Å². The number of carbonyl (C=O) groups excluding carboxylic acids is 1. The maximum absolute atomic E-state index is 12.9. The first-order valence-corrected chi connectivity index (χ1v) is 3.92. The number of hydrogen-bond acceptors (Lipinski definition) is 4. The van der Waals surface area contributed by atoms with Gasteiger partial charge in [0, 0.05) is 12.3 Å². The van der Waals surface area contributed by atoms with Crippen LogP contribution in [-0.4, -0.2) is 29.5 Å².